The molecule has 0 bridgehead atoms. The second-order valence-corrected chi connectivity index (χ2v) is 6.37. The topological polar surface area (TPSA) is 75.7 Å². The lowest BCUT2D eigenvalue weighted by atomic mass is 10.3. The molecule has 0 fully saturated rings. The van der Waals surface area contributed by atoms with E-state index in [1.807, 2.05) is 18.2 Å². The Bertz CT molecular complexity index is 716. The molecule has 2 rings (SSSR count). The van der Waals surface area contributed by atoms with Crippen LogP contribution in [-0.4, -0.2) is 56.2 Å². The summed E-state index contributed by atoms with van der Waals surface area (Å²) in [6.45, 7) is 7.61. The zero-order valence-corrected chi connectivity index (χ0v) is 16.5. The molecule has 7 nitrogen and oxygen atoms in total. The average Bonchev–Trinajstić information content (AvgIpc) is 3.13. The van der Waals surface area contributed by atoms with Crippen molar-refractivity contribution in [2.24, 2.45) is 0 Å². The third kappa shape index (κ3) is 5.34. The standard InChI is InChI=1S/C18H26N4O3S/c1-5-22(6-2)10-9-19-17(23)14-12-26-18(21-14)20-13-7-8-15(24-3)16(11-13)25-4/h7-8,11-12H,5-6,9-10H2,1-4H3,(H,19,23)(H,20,21). The molecule has 0 aliphatic rings. The zero-order valence-electron chi connectivity index (χ0n) is 15.7. The van der Waals surface area contributed by atoms with E-state index in [4.69, 9.17) is 9.47 Å². The monoisotopic (exact) mass is 378 g/mol. The molecule has 0 aliphatic carbocycles. The van der Waals surface area contributed by atoms with Gasteiger partial charge in [-0.05, 0) is 25.2 Å². The van der Waals surface area contributed by atoms with Crippen molar-refractivity contribution in [1.82, 2.24) is 15.2 Å². The highest BCUT2D eigenvalue weighted by molar-refractivity contribution is 7.14. The van der Waals surface area contributed by atoms with E-state index >= 15 is 0 Å². The van der Waals surface area contributed by atoms with Crippen molar-refractivity contribution in [3.05, 3.63) is 29.3 Å². The van der Waals surface area contributed by atoms with Gasteiger partial charge in [0.15, 0.2) is 16.6 Å². The molecular weight excluding hydrogens is 352 g/mol. The number of benzene rings is 1. The Kier molecular flexibility index (Phi) is 7.68. The van der Waals surface area contributed by atoms with Crippen LogP contribution in [0.1, 0.15) is 24.3 Å². The minimum absolute atomic E-state index is 0.159. The van der Waals surface area contributed by atoms with Crippen molar-refractivity contribution >= 4 is 28.1 Å². The molecule has 0 spiro atoms. The number of rotatable bonds is 10. The van der Waals surface area contributed by atoms with Crippen LogP contribution in [0.4, 0.5) is 10.8 Å². The summed E-state index contributed by atoms with van der Waals surface area (Å²) in [4.78, 5) is 18.8. The molecule has 8 heteroatoms. The number of aromatic nitrogens is 1. The maximum atomic E-state index is 12.2. The summed E-state index contributed by atoms with van der Waals surface area (Å²) in [5.74, 6) is 1.13. The first-order chi connectivity index (χ1) is 12.6. The Morgan fingerprint density at radius 2 is 1.92 bits per heavy atom. The number of amides is 1. The number of anilines is 2. The third-order valence-corrected chi connectivity index (χ3v) is 4.74. The summed E-state index contributed by atoms with van der Waals surface area (Å²) in [6, 6.07) is 5.51. The van der Waals surface area contributed by atoms with Gasteiger partial charge in [-0.3, -0.25) is 4.79 Å². The lowest BCUT2D eigenvalue weighted by Gasteiger charge is -2.17. The highest BCUT2D eigenvalue weighted by Gasteiger charge is 2.12. The molecule has 0 aliphatic heterocycles. The number of thiazole rings is 1. The zero-order chi connectivity index (χ0) is 18.9. The molecule has 0 saturated heterocycles. The Morgan fingerprint density at radius 1 is 1.19 bits per heavy atom. The van der Waals surface area contributed by atoms with Crippen molar-refractivity contribution in [2.75, 3.05) is 45.7 Å². The van der Waals surface area contributed by atoms with Crippen LogP contribution in [0.2, 0.25) is 0 Å². The molecule has 1 heterocycles. The fourth-order valence-electron chi connectivity index (χ4n) is 2.43. The first kappa shape index (κ1) is 20.0. The van der Waals surface area contributed by atoms with Crippen LogP contribution >= 0.6 is 11.3 Å². The van der Waals surface area contributed by atoms with Crippen LogP contribution < -0.4 is 20.1 Å². The number of nitrogens with zero attached hydrogens (tertiary/aromatic N) is 2. The number of hydrogen-bond acceptors (Lipinski definition) is 7. The average molecular weight is 378 g/mol. The van der Waals surface area contributed by atoms with E-state index in [2.05, 4.69) is 34.4 Å². The minimum Gasteiger partial charge on any atom is -0.493 e. The predicted molar refractivity (Wildman–Crippen MR) is 105 cm³/mol. The molecule has 0 atom stereocenters. The van der Waals surface area contributed by atoms with Gasteiger partial charge in [0.05, 0.1) is 14.2 Å². The molecular formula is C18H26N4O3S. The van der Waals surface area contributed by atoms with E-state index in [-0.39, 0.29) is 5.91 Å². The van der Waals surface area contributed by atoms with Crippen molar-refractivity contribution in [3.8, 4) is 11.5 Å². The number of ether oxygens (including phenoxy) is 2. The van der Waals surface area contributed by atoms with Crippen LogP contribution in [-0.2, 0) is 0 Å². The Balaban J connectivity index is 1.94. The minimum atomic E-state index is -0.159. The van der Waals surface area contributed by atoms with Gasteiger partial charge in [-0.2, -0.15) is 0 Å². The molecule has 2 N–H and O–H groups in total. The molecule has 142 valence electrons. The molecule has 1 aromatic heterocycles. The number of nitrogens with one attached hydrogen (secondary N) is 2. The fourth-order valence-corrected chi connectivity index (χ4v) is 3.14. The SMILES string of the molecule is CCN(CC)CCNC(=O)c1csc(Nc2ccc(OC)c(OC)c2)n1. The molecule has 26 heavy (non-hydrogen) atoms. The van der Waals surface area contributed by atoms with Gasteiger partial charge in [-0.25, -0.2) is 4.98 Å². The van der Waals surface area contributed by atoms with Crippen LogP contribution in [0.25, 0.3) is 0 Å². The molecule has 2 aromatic rings. The van der Waals surface area contributed by atoms with Gasteiger partial charge in [0, 0.05) is 30.2 Å². The maximum Gasteiger partial charge on any atom is 0.270 e. The lowest BCUT2D eigenvalue weighted by Crippen LogP contribution is -2.34. The molecule has 0 unspecified atom stereocenters. The lowest BCUT2D eigenvalue weighted by molar-refractivity contribution is 0.0944. The highest BCUT2D eigenvalue weighted by Crippen LogP contribution is 2.31. The van der Waals surface area contributed by atoms with E-state index in [1.54, 1.807) is 19.6 Å². The van der Waals surface area contributed by atoms with E-state index in [9.17, 15) is 4.79 Å². The van der Waals surface area contributed by atoms with E-state index < -0.39 is 0 Å². The van der Waals surface area contributed by atoms with Crippen LogP contribution in [0.5, 0.6) is 11.5 Å². The second kappa shape index (κ2) is 9.98. The summed E-state index contributed by atoms with van der Waals surface area (Å²) in [6.07, 6.45) is 0. The Hall–Kier alpha value is -2.32. The summed E-state index contributed by atoms with van der Waals surface area (Å²) in [5.41, 5.74) is 1.23. The van der Waals surface area contributed by atoms with Crippen molar-refractivity contribution in [2.45, 2.75) is 13.8 Å². The summed E-state index contributed by atoms with van der Waals surface area (Å²) in [5, 5.41) is 8.48. The number of carbonyl (C=O) groups is 1. The maximum absolute atomic E-state index is 12.2. The van der Waals surface area contributed by atoms with Gasteiger partial charge < -0.3 is 25.0 Å². The smallest absolute Gasteiger partial charge is 0.270 e. The van der Waals surface area contributed by atoms with Crippen molar-refractivity contribution in [3.63, 3.8) is 0 Å². The quantitative estimate of drug-likeness (QED) is 0.662. The van der Waals surface area contributed by atoms with Gasteiger partial charge in [-0.15, -0.1) is 11.3 Å². The highest BCUT2D eigenvalue weighted by atomic mass is 32.1. The van der Waals surface area contributed by atoms with Gasteiger partial charge in [-0.1, -0.05) is 13.8 Å². The summed E-state index contributed by atoms with van der Waals surface area (Å²) in [7, 11) is 3.18. The normalized spacial score (nSPS) is 10.7. The van der Waals surface area contributed by atoms with Gasteiger partial charge in [0.25, 0.3) is 5.91 Å². The largest absolute Gasteiger partial charge is 0.493 e. The molecule has 1 aromatic carbocycles. The predicted octanol–water partition coefficient (Wildman–Crippen LogP) is 2.98. The van der Waals surface area contributed by atoms with Crippen LogP contribution in [0, 0.1) is 0 Å². The molecule has 0 saturated carbocycles. The number of carbonyl (C=O) groups excluding carboxylic acids is 1. The van der Waals surface area contributed by atoms with Crippen LogP contribution in [0.3, 0.4) is 0 Å². The summed E-state index contributed by atoms with van der Waals surface area (Å²) < 4.78 is 10.5. The first-order valence-corrected chi connectivity index (χ1v) is 9.44. The third-order valence-electron chi connectivity index (χ3n) is 3.98. The molecule has 0 radical (unpaired) electrons. The van der Waals surface area contributed by atoms with Gasteiger partial charge in [0.2, 0.25) is 0 Å². The first-order valence-electron chi connectivity index (χ1n) is 8.56. The van der Waals surface area contributed by atoms with Gasteiger partial charge >= 0.3 is 0 Å². The van der Waals surface area contributed by atoms with E-state index in [0.717, 1.165) is 25.3 Å². The fraction of sp³-hybridized carbons (Fsp3) is 0.444. The second-order valence-electron chi connectivity index (χ2n) is 5.52. The van der Waals surface area contributed by atoms with Crippen molar-refractivity contribution in [1.29, 1.82) is 0 Å². The van der Waals surface area contributed by atoms with E-state index in [0.29, 0.717) is 28.9 Å². The van der Waals surface area contributed by atoms with E-state index in [1.165, 1.54) is 11.3 Å². The molecule has 1 amide bonds. The Labute approximate surface area is 158 Å². The van der Waals surface area contributed by atoms with Crippen molar-refractivity contribution < 1.29 is 14.3 Å². The number of hydrogen-bond donors (Lipinski definition) is 2. The number of likely N-dealkylation sites (N-methyl/N-ethyl adjacent to an activating group) is 1. The van der Waals surface area contributed by atoms with Gasteiger partial charge in [0.1, 0.15) is 5.69 Å². The van der Waals surface area contributed by atoms with Crippen LogP contribution in [0.15, 0.2) is 23.6 Å². The summed E-state index contributed by atoms with van der Waals surface area (Å²) >= 11 is 1.38. The Morgan fingerprint density at radius 3 is 2.58 bits per heavy atom. The number of methoxy groups -OCH3 is 2.